The van der Waals surface area contributed by atoms with Crippen molar-refractivity contribution in [3.63, 3.8) is 0 Å². The van der Waals surface area contributed by atoms with E-state index < -0.39 is 0 Å². The Labute approximate surface area is 320 Å². The predicted molar refractivity (Wildman–Crippen MR) is 231 cm³/mol. The number of hydrogen-bond acceptors (Lipinski definition) is 8. The predicted octanol–water partition coefficient (Wildman–Crippen LogP) is 11.4. The molecule has 2 aliphatic rings. The highest BCUT2D eigenvalue weighted by atomic mass is 15.2. The van der Waals surface area contributed by atoms with Crippen LogP contribution >= 0.6 is 0 Å². The molecule has 0 spiro atoms. The molecule has 8 heteroatoms. The van der Waals surface area contributed by atoms with Gasteiger partial charge in [-0.25, -0.2) is 20.0 Å². The summed E-state index contributed by atoms with van der Waals surface area (Å²) in [6, 6.07) is 33.2. The van der Waals surface area contributed by atoms with E-state index in [0.717, 1.165) is 72.4 Å². The molecule has 0 radical (unpaired) electrons. The minimum absolute atomic E-state index is 0.641. The molecular formula is C46H50N8. The summed E-state index contributed by atoms with van der Waals surface area (Å²) in [6.07, 6.45) is 8.84. The maximum Gasteiger partial charge on any atom is 0.176 e. The number of unbranched alkanes of at least 4 members (excludes halogenated alkanes) is 2. The van der Waals surface area contributed by atoms with Crippen LogP contribution in [0.5, 0.6) is 0 Å². The summed E-state index contributed by atoms with van der Waals surface area (Å²) >= 11 is 0. The fraction of sp³-hybridized carbons (Fsp3) is 0.217. The van der Waals surface area contributed by atoms with Crippen LogP contribution in [-0.4, -0.2) is 23.3 Å². The molecule has 8 nitrogen and oxygen atoms in total. The van der Waals surface area contributed by atoms with Crippen molar-refractivity contribution >= 4 is 46.1 Å². The molecule has 0 amide bonds. The van der Waals surface area contributed by atoms with Crippen molar-refractivity contribution in [3.8, 4) is 0 Å². The summed E-state index contributed by atoms with van der Waals surface area (Å²) in [7, 11) is 0. The Hall–Kier alpha value is -6.28. The van der Waals surface area contributed by atoms with E-state index in [1.165, 1.54) is 22.3 Å². The van der Waals surface area contributed by atoms with E-state index in [1.54, 1.807) is 0 Å². The Morgan fingerprint density at radius 2 is 0.667 bits per heavy atom. The standard InChI is InChI=1S/C46H50N8/c1-7-9-11-13-39(41-51-43(47-35-23-15-31(3)16-24-35)44(52-41)48-36-25-17-32(4)18-26-36)40(14-12-10-8-2)42-53-45(49-37-27-19-33(5)20-28-37)46(54-42)50-38-29-21-34(6)22-30-38/h7-8,15-30H,1-2,9-14H2,3-6H3,(H,47,51)(H,48,52)(H,49,53)(H,50,54). The van der Waals surface area contributed by atoms with Crippen LogP contribution in [0.25, 0.3) is 0 Å². The molecule has 4 aromatic carbocycles. The number of amidine groups is 4. The van der Waals surface area contributed by atoms with Crippen LogP contribution in [0.15, 0.2) is 165 Å². The molecule has 0 atom stereocenters. The van der Waals surface area contributed by atoms with E-state index in [2.05, 4.69) is 159 Å². The SMILES string of the molecule is C=CCCCC(=C1N=C(Nc2ccc(C)cc2)C(Nc2ccc(C)cc2)=N1)C(CCCC=C)=C1N=C(Nc2ccc(C)cc2)C(Nc2ccc(C)cc2)=N1. The van der Waals surface area contributed by atoms with Crippen molar-refractivity contribution in [2.24, 2.45) is 20.0 Å². The fourth-order valence-electron chi connectivity index (χ4n) is 6.04. The van der Waals surface area contributed by atoms with Gasteiger partial charge < -0.3 is 21.3 Å². The molecule has 4 aromatic rings. The van der Waals surface area contributed by atoms with Crippen molar-refractivity contribution in [2.75, 3.05) is 21.3 Å². The molecule has 0 aliphatic carbocycles. The zero-order valence-corrected chi connectivity index (χ0v) is 31.8. The average Bonchev–Trinajstić information content (AvgIpc) is 3.75. The van der Waals surface area contributed by atoms with E-state index in [4.69, 9.17) is 20.0 Å². The average molecular weight is 715 g/mol. The number of allylic oxidation sites excluding steroid dienone is 4. The first-order valence-corrected chi connectivity index (χ1v) is 18.7. The second-order valence-electron chi connectivity index (χ2n) is 13.8. The Balaban J connectivity index is 1.50. The molecule has 6 rings (SSSR count). The number of aliphatic imine (C=N–C) groups is 4. The van der Waals surface area contributed by atoms with Gasteiger partial charge in [0.15, 0.2) is 35.0 Å². The highest BCUT2D eigenvalue weighted by molar-refractivity contribution is 6.50. The third kappa shape index (κ3) is 9.98. The van der Waals surface area contributed by atoms with Gasteiger partial charge in [-0.05, 0) is 115 Å². The maximum absolute atomic E-state index is 5.20. The lowest BCUT2D eigenvalue weighted by atomic mass is 9.95. The lowest BCUT2D eigenvalue weighted by Crippen LogP contribution is -2.27. The molecular weight excluding hydrogens is 665 g/mol. The van der Waals surface area contributed by atoms with Crippen molar-refractivity contribution in [1.82, 2.24) is 0 Å². The Morgan fingerprint density at radius 1 is 0.426 bits per heavy atom. The third-order valence-corrected chi connectivity index (χ3v) is 9.15. The molecule has 274 valence electrons. The largest absolute Gasteiger partial charge is 0.337 e. The highest BCUT2D eigenvalue weighted by Crippen LogP contribution is 2.34. The molecule has 0 bridgehead atoms. The zero-order valence-electron chi connectivity index (χ0n) is 31.8. The number of aryl methyl sites for hydroxylation is 4. The molecule has 2 aliphatic heterocycles. The summed E-state index contributed by atoms with van der Waals surface area (Å²) < 4.78 is 0. The number of benzene rings is 4. The van der Waals surface area contributed by atoms with Gasteiger partial charge in [0.1, 0.15) is 0 Å². The number of nitrogens with one attached hydrogen (secondary N) is 4. The summed E-state index contributed by atoms with van der Waals surface area (Å²) in [5.74, 6) is 3.87. The van der Waals surface area contributed by atoms with E-state index in [0.29, 0.717) is 35.0 Å². The minimum atomic E-state index is 0.641. The molecule has 0 saturated carbocycles. The minimum Gasteiger partial charge on any atom is -0.337 e. The highest BCUT2D eigenvalue weighted by Gasteiger charge is 2.27. The topological polar surface area (TPSA) is 97.6 Å². The molecule has 4 N–H and O–H groups in total. The van der Waals surface area contributed by atoms with Crippen molar-refractivity contribution in [3.05, 3.63) is 167 Å². The van der Waals surface area contributed by atoms with Gasteiger partial charge in [-0.1, -0.05) is 82.9 Å². The van der Waals surface area contributed by atoms with Gasteiger partial charge >= 0.3 is 0 Å². The monoisotopic (exact) mass is 714 g/mol. The molecule has 0 saturated heterocycles. The van der Waals surface area contributed by atoms with E-state index in [-0.39, 0.29) is 0 Å². The third-order valence-electron chi connectivity index (χ3n) is 9.15. The van der Waals surface area contributed by atoms with Crippen LogP contribution < -0.4 is 21.3 Å². The van der Waals surface area contributed by atoms with Crippen molar-refractivity contribution < 1.29 is 0 Å². The molecule has 0 aromatic heterocycles. The summed E-state index contributed by atoms with van der Waals surface area (Å²) in [5, 5.41) is 14.2. The first-order chi connectivity index (χ1) is 26.3. The second-order valence-corrected chi connectivity index (χ2v) is 13.8. The molecule has 2 heterocycles. The molecule has 0 unspecified atom stereocenters. The van der Waals surface area contributed by atoms with E-state index in [9.17, 15) is 0 Å². The summed E-state index contributed by atoms with van der Waals surface area (Å²) in [4.78, 5) is 20.8. The van der Waals surface area contributed by atoms with Gasteiger partial charge in [-0.15, -0.1) is 13.2 Å². The number of hydrogen-bond donors (Lipinski definition) is 4. The first-order valence-electron chi connectivity index (χ1n) is 18.7. The second kappa shape index (κ2) is 18.0. The summed E-state index contributed by atoms with van der Waals surface area (Å²) in [5.41, 5.74) is 10.5. The Bertz CT molecular complexity index is 1860. The van der Waals surface area contributed by atoms with E-state index >= 15 is 0 Å². The van der Waals surface area contributed by atoms with Crippen molar-refractivity contribution in [2.45, 2.75) is 66.2 Å². The first kappa shape index (κ1) is 37.5. The molecule has 0 fully saturated rings. The van der Waals surface area contributed by atoms with Crippen LogP contribution in [-0.2, 0) is 0 Å². The van der Waals surface area contributed by atoms with Crippen LogP contribution in [0.4, 0.5) is 22.7 Å². The van der Waals surface area contributed by atoms with Crippen LogP contribution in [0.2, 0.25) is 0 Å². The van der Waals surface area contributed by atoms with Gasteiger partial charge in [0.2, 0.25) is 0 Å². The fourth-order valence-corrected chi connectivity index (χ4v) is 6.04. The maximum atomic E-state index is 5.20. The number of anilines is 4. The van der Waals surface area contributed by atoms with Gasteiger partial charge in [0.05, 0.1) is 0 Å². The van der Waals surface area contributed by atoms with Gasteiger partial charge in [0, 0.05) is 33.9 Å². The molecule has 54 heavy (non-hydrogen) atoms. The Kier molecular flexibility index (Phi) is 12.5. The lowest BCUT2D eigenvalue weighted by molar-refractivity contribution is 0.773. The lowest BCUT2D eigenvalue weighted by Gasteiger charge is -2.14. The van der Waals surface area contributed by atoms with Crippen molar-refractivity contribution in [1.29, 1.82) is 0 Å². The van der Waals surface area contributed by atoms with Gasteiger partial charge in [0.25, 0.3) is 0 Å². The zero-order chi connectivity index (χ0) is 37.9. The number of nitrogens with zero attached hydrogens (tertiary/aromatic N) is 4. The van der Waals surface area contributed by atoms with Gasteiger partial charge in [-0.2, -0.15) is 0 Å². The van der Waals surface area contributed by atoms with Crippen LogP contribution in [0.1, 0.15) is 60.8 Å². The van der Waals surface area contributed by atoms with Gasteiger partial charge in [-0.3, -0.25) is 0 Å². The quantitative estimate of drug-likeness (QED) is 0.0818. The number of rotatable bonds is 13. The smallest absolute Gasteiger partial charge is 0.176 e. The van der Waals surface area contributed by atoms with Crippen LogP contribution in [0.3, 0.4) is 0 Å². The van der Waals surface area contributed by atoms with E-state index in [1.807, 2.05) is 12.2 Å². The normalized spacial score (nSPS) is 13.4. The summed E-state index contributed by atoms with van der Waals surface area (Å²) in [6.45, 7) is 16.3. The van der Waals surface area contributed by atoms with Crippen LogP contribution in [0, 0.1) is 27.7 Å². The Morgan fingerprint density at radius 3 is 0.889 bits per heavy atom.